The number of ether oxygens (including phenoxy) is 1. The predicted molar refractivity (Wildman–Crippen MR) is 82.9 cm³/mol. The fourth-order valence-corrected chi connectivity index (χ4v) is 2.10. The molecule has 0 fully saturated rings. The highest BCUT2D eigenvalue weighted by atomic mass is 19.1. The standard InChI is InChI=1S/C16H15FN2O5/c1-24-13-7-9(8-18-14(13)16(22)23)6-12(15(20)21)19-11-4-2-10(17)3-5-11/h2-5,7-8,12,19H,6H2,1H3,(H,20,21)(H,22,23). The number of carboxylic acid groups (broad SMARTS) is 2. The van der Waals surface area contributed by atoms with Crippen LogP contribution >= 0.6 is 0 Å². The van der Waals surface area contributed by atoms with Crippen molar-refractivity contribution in [2.45, 2.75) is 12.5 Å². The van der Waals surface area contributed by atoms with E-state index in [4.69, 9.17) is 9.84 Å². The minimum Gasteiger partial charge on any atom is -0.494 e. The highest BCUT2D eigenvalue weighted by Crippen LogP contribution is 2.19. The Hall–Kier alpha value is -3.16. The molecule has 24 heavy (non-hydrogen) atoms. The molecule has 0 aliphatic carbocycles. The van der Waals surface area contributed by atoms with Crippen LogP contribution in [-0.4, -0.2) is 40.3 Å². The Morgan fingerprint density at radius 2 is 1.96 bits per heavy atom. The second kappa shape index (κ2) is 7.40. The Kier molecular flexibility index (Phi) is 5.31. The van der Waals surface area contributed by atoms with E-state index in [-0.39, 0.29) is 17.9 Å². The summed E-state index contributed by atoms with van der Waals surface area (Å²) in [6, 6.07) is 5.72. The Labute approximate surface area is 136 Å². The molecule has 1 aromatic carbocycles. The van der Waals surface area contributed by atoms with Gasteiger partial charge in [-0.3, -0.25) is 0 Å². The van der Waals surface area contributed by atoms with Gasteiger partial charge in [-0.15, -0.1) is 0 Å². The molecule has 2 rings (SSSR count). The maximum Gasteiger partial charge on any atom is 0.358 e. The zero-order valence-electron chi connectivity index (χ0n) is 12.7. The Morgan fingerprint density at radius 1 is 1.29 bits per heavy atom. The molecule has 3 N–H and O–H groups in total. The van der Waals surface area contributed by atoms with Gasteiger partial charge in [0.2, 0.25) is 0 Å². The summed E-state index contributed by atoms with van der Waals surface area (Å²) >= 11 is 0. The zero-order valence-corrected chi connectivity index (χ0v) is 12.7. The van der Waals surface area contributed by atoms with E-state index in [2.05, 4.69) is 10.3 Å². The summed E-state index contributed by atoms with van der Waals surface area (Å²) < 4.78 is 17.9. The van der Waals surface area contributed by atoms with Crippen LogP contribution in [0.2, 0.25) is 0 Å². The molecule has 1 unspecified atom stereocenters. The number of nitrogens with zero attached hydrogens (tertiary/aromatic N) is 1. The van der Waals surface area contributed by atoms with Crippen LogP contribution in [0, 0.1) is 5.82 Å². The number of anilines is 1. The van der Waals surface area contributed by atoms with E-state index < -0.39 is 23.8 Å². The van der Waals surface area contributed by atoms with Gasteiger partial charge in [0, 0.05) is 18.3 Å². The lowest BCUT2D eigenvalue weighted by Gasteiger charge is -2.16. The SMILES string of the molecule is COc1cc(CC(Nc2ccc(F)cc2)C(=O)O)cnc1C(=O)O. The summed E-state index contributed by atoms with van der Waals surface area (Å²) in [5.74, 6) is -2.73. The van der Waals surface area contributed by atoms with Crippen molar-refractivity contribution in [1.29, 1.82) is 0 Å². The van der Waals surface area contributed by atoms with E-state index in [0.717, 1.165) is 0 Å². The minimum absolute atomic E-state index is 0.0377. The van der Waals surface area contributed by atoms with Crippen LogP contribution in [0.1, 0.15) is 16.1 Å². The van der Waals surface area contributed by atoms with Gasteiger partial charge >= 0.3 is 11.9 Å². The summed E-state index contributed by atoms with van der Waals surface area (Å²) in [7, 11) is 1.30. The van der Waals surface area contributed by atoms with Crippen molar-refractivity contribution >= 4 is 17.6 Å². The van der Waals surface area contributed by atoms with Gasteiger partial charge in [0.1, 0.15) is 11.9 Å². The number of benzene rings is 1. The Balaban J connectivity index is 2.20. The van der Waals surface area contributed by atoms with Crippen molar-refractivity contribution in [2.75, 3.05) is 12.4 Å². The van der Waals surface area contributed by atoms with Gasteiger partial charge in [-0.05, 0) is 35.9 Å². The number of methoxy groups -OCH3 is 1. The molecule has 126 valence electrons. The molecule has 0 spiro atoms. The number of pyridine rings is 1. The van der Waals surface area contributed by atoms with Crippen LogP contribution in [0.15, 0.2) is 36.5 Å². The summed E-state index contributed by atoms with van der Waals surface area (Å²) in [4.78, 5) is 26.2. The van der Waals surface area contributed by atoms with Gasteiger partial charge in [-0.1, -0.05) is 0 Å². The first kappa shape index (κ1) is 17.2. The molecule has 1 aromatic heterocycles. The Bertz CT molecular complexity index is 749. The van der Waals surface area contributed by atoms with E-state index in [1.165, 1.54) is 43.6 Å². The molecule has 0 saturated heterocycles. The molecule has 7 nitrogen and oxygen atoms in total. The third-order valence-electron chi connectivity index (χ3n) is 3.25. The summed E-state index contributed by atoms with van der Waals surface area (Å²) in [6.45, 7) is 0. The molecule has 0 saturated carbocycles. The van der Waals surface area contributed by atoms with E-state index in [1.807, 2.05) is 0 Å². The summed E-state index contributed by atoms with van der Waals surface area (Å²) in [6.07, 6.45) is 1.32. The maximum absolute atomic E-state index is 12.9. The number of hydrogen-bond acceptors (Lipinski definition) is 5. The van der Waals surface area contributed by atoms with Crippen LogP contribution in [0.4, 0.5) is 10.1 Å². The smallest absolute Gasteiger partial charge is 0.358 e. The van der Waals surface area contributed by atoms with E-state index in [1.54, 1.807) is 0 Å². The number of hydrogen-bond donors (Lipinski definition) is 3. The van der Waals surface area contributed by atoms with Gasteiger partial charge in [0.25, 0.3) is 0 Å². The van der Waals surface area contributed by atoms with Gasteiger partial charge in [0.05, 0.1) is 7.11 Å². The normalized spacial score (nSPS) is 11.6. The number of aromatic nitrogens is 1. The topological polar surface area (TPSA) is 109 Å². The highest BCUT2D eigenvalue weighted by molar-refractivity contribution is 5.88. The molecule has 0 aliphatic rings. The second-order valence-corrected chi connectivity index (χ2v) is 4.95. The third-order valence-corrected chi connectivity index (χ3v) is 3.25. The van der Waals surface area contributed by atoms with Crippen LogP contribution in [0.25, 0.3) is 0 Å². The van der Waals surface area contributed by atoms with Crippen LogP contribution < -0.4 is 10.1 Å². The monoisotopic (exact) mass is 334 g/mol. The van der Waals surface area contributed by atoms with E-state index in [0.29, 0.717) is 11.3 Å². The van der Waals surface area contributed by atoms with E-state index >= 15 is 0 Å². The summed E-state index contributed by atoms with van der Waals surface area (Å²) in [5, 5.41) is 21.1. The van der Waals surface area contributed by atoms with Crippen molar-refractivity contribution < 1.29 is 28.9 Å². The molecule has 8 heteroatoms. The number of aromatic carboxylic acids is 1. The van der Waals surface area contributed by atoms with Crippen LogP contribution in [0.3, 0.4) is 0 Å². The van der Waals surface area contributed by atoms with E-state index in [9.17, 15) is 19.1 Å². The maximum atomic E-state index is 12.9. The molecule has 1 heterocycles. The second-order valence-electron chi connectivity index (χ2n) is 4.95. The van der Waals surface area contributed by atoms with Crippen LogP contribution in [0.5, 0.6) is 5.75 Å². The van der Waals surface area contributed by atoms with Crippen molar-refractivity contribution in [3.05, 3.63) is 53.6 Å². The number of aliphatic carboxylic acids is 1. The first-order chi connectivity index (χ1) is 11.4. The van der Waals surface area contributed by atoms with Crippen LogP contribution in [-0.2, 0) is 11.2 Å². The summed E-state index contributed by atoms with van der Waals surface area (Å²) in [5.41, 5.74) is 0.685. The lowest BCUT2D eigenvalue weighted by molar-refractivity contribution is -0.137. The molecular weight excluding hydrogens is 319 g/mol. The third kappa shape index (κ3) is 4.19. The lowest BCUT2D eigenvalue weighted by atomic mass is 10.1. The molecule has 2 aromatic rings. The average molecular weight is 334 g/mol. The number of carbonyl (C=O) groups is 2. The zero-order chi connectivity index (χ0) is 17.7. The molecular formula is C16H15FN2O5. The largest absolute Gasteiger partial charge is 0.494 e. The Morgan fingerprint density at radius 3 is 2.50 bits per heavy atom. The van der Waals surface area contributed by atoms with Crippen molar-refractivity contribution in [2.24, 2.45) is 0 Å². The predicted octanol–water partition coefficient (Wildman–Crippen LogP) is 2.04. The number of carboxylic acids is 2. The highest BCUT2D eigenvalue weighted by Gasteiger charge is 2.20. The fraction of sp³-hybridized carbons (Fsp3) is 0.188. The quantitative estimate of drug-likeness (QED) is 0.711. The van der Waals surface area contributed by atoms with Gasteiger partial charge in [0.15, 0.2) is 11.4 Å². The fourth-order valence-electron chi connectivity index (χ4n) is 2.10. The number of halogens is 1. The molecule has 0 bridgehead atoms. The first-order valence-electron chi connectivity index (χ1n) is 6.92. The molecule has 1 atom stereocenters. The number of nitrogens with one attached hydrogen (secondary N) is 1. The molecule has 0 aliphatic heterocycles. The van der Waals surface area contributed by atoms with Crippen molar-refractivity contribution in [1.82, 2.24) is 4.98 Å². The van der Waals surface area contributed by atoms with Crippen molar-refractivity contribution in [3.8, 4) is 5.75 Å². The molecule has 0 amide bonds. The molecule has 0 radical (unpaired) electrons. The van der Waals surface area contributed by atoms with Gasteiger partial charge in [-0.25, -0.2) is 19.0 Å². The van der Waals surface area contributed by atoms with Crippen molar-refractivity contribution in [3.63, 3.8) is 0 Å². The minimum atomic E-state index is -1.24. The number of rotatable bonds is 7. The van der Waals surface area contributed by atoms with Gasteiger partial charge < -0.3 is 20.3 Å². The average Bonchev–Trinajstić information content (AvgIpc) is 2.55. The first-order valence-corrected chi connectivity index (χ1v) is 6.92. The van der Waals surface area contributed by atoms with Gasteiger partial charge in [-0.2, -0.15) is 0 Å². The lowest BCUT2D eigenvalue weighted by Crippen LogP contribution is -2.31.